The maximum Gasteiger partial charge on any atom is 0.334 e. The van der Waals surface area contributed by atoms with E-state index in [1.807, 2.05) is 0 Å². The Bertz CT molecular complexity index is 763. The molecule has 6 unspecified atom stereocenters. The Morgan fingerprint density at radius 3 is 2.72 bits per heavy atom. The van der Waals surface area contributed by atoms with Crippen molar-refractivity contribution < 1.29 is 38.4 Å². The van der Waals surface area contributed by atoms with Crippen molar-refractivity contribution in [3.8, 4) is 0 Å². The summed E-state index contributed by atoms with van der Waals surface area (Å²) in [6, 6.07) is 0. The molecule has 2 fully saturated rings. The molecule has 6 atom stereocenters. The molecular formula is C21H26O8. The maximum atomic E-state index is 12.3. The summed E-state index contributed by atoms with van der Waals surface area (Å²) in [5.74, 6) is -2.26. The van der Waals surface area contributed by atoms with Crippen molar-refractivity contribution in [1.29, 1.82) is 0 Å². The third-order valence-electron chi connectivity index (χ3n) is 5.63. The van der Waals surface area contributed by atoms with Gasteiger partial charge < -0.3 is 24.1 Å². The molecule has 2 heterocycles. The van der Waals surface area contributed by atoms with Crippen LogP contribution in [-0.2, 0) is 33.3 Å². The largest absolute Gasteiger partial charge is 0.455 e. The zero-order valence-electron chi connectivity index (χ0n) is 16.6. The van der Waals surface area contributed by atoms with Crippen LogP contribution in [0.2, 0.25) is 0 Å². The highest BCUT2D eigenvalue weighted by atomic mass is 16.6. The van der Waals surface area contributed by atoms with Crippen molar-refractivity contribution in [2.45, 2.75) is 56.7 Å². The van der Waals surface area contributed by atoms with Gasteiger partial charge in [-0.1, -0.05) is 13.2 Å². The summed E-state index contributed by atoms with van der Waals surface area (Å²) in [5.41, 5.74) is -0.416. The van der Waals surface area contributed by atoms with Crippen LogP contribution in [0.5, 0.6) is 0 Å². The molecule has 1 N–H and O–H groups in total. The molecule has 0 aromatic carbocycles. The first kappa shape index (κ1) is 21.4. The normalized spacial score (nSPS) is 36.7. The van der Waals surface area contributed by atoms with Gasteiger partial charge in [-0.25, -0.2) is 9.59 Å². The third-order valence-corrected chi connectivity index (χ3v) is 5.63. The lowest BCUT2D eigenvalue weighted by Crippen LogP contribution is -2.48. The predicted octanol–water partition coefficient (Wildman–Crippen LogP) is 1.03. The number of aldehydes is 1. The van der Waals surface area contributed by atoms with Gasteiger partial charge in [0.2, 0.25) is 0 Å². The molecule has 0 radical (unpaired) electrons. The van der Waals surface area contributed by atoms with Crippen molar-refractivity contribution in [3.05, 3.63) is 36.0 Å². The Morgan fingerprint density at radius 1 is 1.48 bits per heavy atom. The number of rotatable bonds is 5. The number of aliphatic hydroxyl groups excluding tert-OH is 1. The minimum absolute atomic E-state index is 0.0550. The highest BCUT2D eigenvalue weighted by Crippen LogP contribution is 2.45. The number of fused-ring (bicyclic) bond motifs is 1. The number of aliphatic hydroxyl groups is 1. The van der Waals surface area contributed by atoms with Crippen LogP contribution in [0.3, 0.4) is 0 Å². The maximum absolute atomic E-state index is 12.3. The molecule has 29 heavy (non-hydrogen) atoms. The van der Waals surface area contributed by atoms with E-state index in [-0.39, 0.29) is 23.3 Å². The van der Waals surface area contributed by atoms with E-state index in [0.29, 0.717) is 25.7 Å². The summed E-state index contributed by atoms with van der Waals surface area (Å²) in [4.78, 5) is 36.3. The smallest absolute Gasteiger partial charge is 0.334 e. The molecule has 0 saturated carbocycles. The first-order valence-electron chi connectivity index (χ1n) is 9.61. The quantitative estimate of drug-likeness (QED) is 0.312. The monoisotopic (exact) mass is 406 g/mol. The van der Waals surface area contributed by atoms with Gasteiger partial charge in [-0.2, -0.15) is 0 Å². The van der Waals surface area contributed by atoms with Crippen LogP contribution >= 0.6 is 0 Å². The fourth-order valence-corrected chi connectivity index (χ4v) is 3.88. The Morgan fingerprint density at radius 2 is 2.17 bits per heavy atom. The summed E-state index contributed by atoms with van der Waals surface area (Å²) in [7, 11) is 0. The van der Waals surface area contributed by atoms with Crippen LogP contribution in [-0.4, -0.2) is 66.6 Å². The molecule has 0 aromatic heterocycles. The second kappa shape index (κ2) is 8.22. The van der Waals surface area contributed by atoms with Crippen LogP contribution in [0, 0.1) is 5.92 Å². The molecule has 1 aliphatic carbocycles. The standard InChI is InChI=1S/C21H26O8/c1-5-26-14-6-7-21(10-27-21)18(23)17-16(12(4)20(25)29-17)15(8-13(14)9-22)28-19(24)11(2)3/h8-9,14-18,23H,2,4-7,10H2,1,3H3. The molecule has 1 spiro atoms. The highest BCUT2D eigenvalue weighted by molar-refractivity contribution is 5.92. The first-order chi connectivity index (χ1) is 13.7. The molecule has 0 bridgehead atoms. The first-order valence-corrected chi connectivity index (χ1v) is 9.61. The van der Waals surface area contributed by atoms with Crippen LogP contribution < -0.4 is 0 Å². The van der Waals surface area contributed by atoms with Gasteiger partial charge in [0.15, 0.2) is 0 Å². The Kier molecular flexibility index (Phi) is 6.07. The van der Waals surface area contributed by atoms with Gasteiger partial charge in [0.1, 0.15) is 30.2 Å². The topological polar surface area (TPSA) is 112 Å². The molecule has 158 valence electrons. The summed E-state index contributed by atoms with van der Waals surface area (Å²) in [6.07, 6.45) is -0.887. The molecule has 2 aliphatic heterocycles. The SMILES string of the molecule is C=C(C)C(=O)OC1C=C(C=O)C(OCC)CCC2(CO2)C(O)C2OC(=O)C(=C)C12. The zero-order valence-corrected chi connectivity index (χ0v) is 16.6. The van der Waals surface area contributed by atoms with Crippen LogP contribution in [0.25, 0.3) is 0 Å². The molecule has 0 amide bonds. The fraction of sp³-hybridized carbons (Fsp3) is 0.571. The van der Waals surface area contributed by atoms with Crippen LogP contribution in [0.1, 0.15) is 26.7 Å². The molecular weight excluding hydrogens is 380 g/mol. The number of carbonyl (C=O) groups is 3. The summed E-state index contributed by atoms with van der Waals surface area (Å²) in [5, 5.41) is 11.0. The summed E-state index contributed by atoms with van der Waals surface area (Å²) >= 11 is 0. The van der Waals surface area contributed by atoms with Crippen molar-refractivity contribution in [1.82, 2.24) is 0 Å². The van der Waals surface area contributed by atoms with Crippen molar-refractivity contribution >= 4 is 18.2 Å². The number of ether oxygens (including phenoxy) is 4. The Hall–Kier alpha value is -2.29. The lowest BCUT2D eigenvalue weighted by Gasteiger charge is -2.33. The lowest BCUT2D eigenvalue weighted by molar-refractivity contribution is -0.152. The van der Waals surface area contributed by atoms with E-state index in [4.69, 9.17) is 18.9 Å². The van der Waals surface area contributed by atoms with Gasteiger partial charge in [0.05, 0.1) is 18.6 Å². The van der Waals surface area contributed by atoms with E-state index in [1.165, 1.54) is 13.0 Å². The Balaban J connectivity index is 2.08. The minimum atomic E-state index is -1.14. The number of epoxide rings is 1. The molecule has 3 aliphatic rings. The van der Waals surface area contributed by atoms with E-state index in [2.05, 4.69) is 13.2 Å². The third kappa shape index (κ3) is 4.05. The van der Waals surface area contributed by atoms with E-state index in [1.54, 1.807) is 6.92 Å². The number of hydrogen-bond acceptors (Lipinski definition) is 8. The van der Waals surface area contributed by atoms with Crippen LogP contribution in [0.15, 0.2) is 36.0 Å². The highest BCUT2D eigenvalue weighted by Gasteiger charge is 2.60. The predicted molar refractivity (Wildman–Crippen MR) is 101 cm³/mol. The number of carbonyl (C=O) groups excluding carboxylic acids is 3. The van der Waals surface area contributed by atoms with Crippen LogP contribution in [0.4, 0.5) is 0 Å². The van der Waals surface area contributed by atoms with Gasteiger partial charge in [0.25, 0.3) is 0 Å². The second-order valence-electron chi connectivity index (χ2n) is 7.64. The van der Waals surface area contributed by atoms with Gasteiger partial charge >= 0.3 is 11.9 Å². The summed E-state index contributed by atoms with van der Waals surface area (Å²) < 4.78 is 22.2. The van der Waals surface area contributed by atoms with E-state index < -0.39 is 47.9 Å². The molecule has 8 heteroatoms. The van der Waals surface area contributed by atoms with E-state index >= 15 is 0 Å². The second-order valence-corrected chi connectivity index (χ2v) is 7.64. The van der Waals surface area contributed by atoms with Crippen molar-refractivity contribution in [2.24, 2.45) is 5.92 Å². The number of hydrogen-bond donors (Lipinski definition) is 1. The summed E-state index contributed by atoms with van der Waals surface area (Å²) in [6.45, 7) is 11.3. The van der Waals surface area contributed by atoms with Crippen molar-refractivity contribution in [2.75, 3.05) is 13.2 Å². The average molecular weight is 406 g/mol. The lowest BCUT2D eigenvalue weighted by atomic mass is 9.80. The van der Waals surface area contributed by atoms with Gasteiger partial charge in [-0.3, -0.25) is 4.79 Å². The number of esters is 2. The molecule has 8 nitrogen and oxygen atoms in total. The van der Waals surface area contributed by atoms with Crippen molar-refractivity contribution in [3.63, 3.8) is 0 Å². The fourth-order valence-electron chi connectivity index (χ4n) is 3.88. The molecule has 2 saturated heterocycles. The van der Waals surface area contributed by atoms with Gasteiger partial charge in [-0.05, 0) is 32.8 Å². The van der Waals surface area contributed by atoms with Gasteiger partial charge in [-0.15, -0.1) is 0 Å². The average Bonchev–Trinajstić information content (AvgIpc) is 3.42. The van der Waals surface area contributed by atoms with E-state index in [9.17, 15) is 19.5 Å². The molecule has 3 rings (SSSR count). The zero-order chi connectivity index (χ0) is 21.3. The van der Waals surface area contributed by atoms with E-state index in [0.717, 1.165) is 0 Å². The van der Waals surface area contributed by atoms with Gasteiger partial charge in [0, 0.05) is 23.3 Å². The Labute approximate surface area is 169 Å². The molecule has 0 aromatic rings. The minimum Gasteiger partial charge on any atom is -0.455 e.